The predicted octanol–water partition coefficient (Wildman–Crippen LogP) is 2.56. The Hall–Kier alpha value is -3.02. The summed E-state index contributed by atoms with van der Waals surface area (Å²) in [6.45, 7) is 1.87. The fourth-order valence-electron chi connectivity index (χ4n) is 2.76. The molecule has 1 aromatic heterocycles. The summed E-state index contributed by atoms with van der Waals surface area (Å²) in [7, 11) is 7.02. The van der Waals surface area contributed by atoms with Crippen LogP contribution in [-0.4, -0.2) is 18.5 Å². The quantitative estimate of drug-likeness (QED) is 0.755. The molecule has 0 spiro atoms. The van der Waals surface area contributed by atoms with E-state index in [-0.39, 0.29) is 11.3 Å². The molecule has 24 heavy (non-hydrogen) atoms. The molecule has 0 atom stereocenters. The fraction of sp³-hybridized carbons (Fsp3) is 0.111. The highest BCUT2D eigenvalue weighted by Crippen LogP contribution is 2.30. The molecule has 3 aromatic rings. The number of anilines is 1. The Bertz CT molecular complexity index is 981. The minimum absolute atomic E-state index is 0.0830. The Morgan fingerprint density at radius 1 is 1.12 bits per heavy atom. The maximum absolute atomic E-state index is 12.7. The molecular weight excluding hydrogens is 303 g/mol. The molecule has 0 saturated carbocycles. The second-order valence-corrected chi connectivity index (χ2v) is 5.48. The van der Waals surface area contributed by atoms with Crippen LogP contribution in [0.3, 0.4) is 0 Å². The van der Waals surface area contributed by atoms with Gasteiger partial charge in [-0.3, -0.25) is 9.59 Å². The molecule has 1 heterocycles. The van der Waals surface area contributed by atoms with E-state index in [9.17, 15) is 9.59 Å². The molecule has 5 nitrogen and oxygen atoms in total. The molecule has 3 rings (SSSR count). The highest BCUT2D eigenvalue weighted by Gasteiger charge is 2.22. The number of carbonyl (C=O) groups is 1. The summed E-state index contributed by atoms with van der Waals surface area (Å²) in [5.41, 5.74) is 1.50. The number of aromatic nitrogens is 1. The van der Waals surface area contributed by atoms with Crippen molar-refractivity contribution in [3.8, 4) is 5.75 Å². The number of amides is 1. The van der Waals surface area contributed by atoms with Crippen LogP contribution < -0.4 is 15.5 Å². The van der Waals surface area contributed by atoms with Crippen molar-refractivity contribution in [2.45, 2.75) is 6.92 Å². The van der Waals surface area contributed by atoms with Gasteiger partial charge in [-0.2, -0.15) is 0 Å². The summed E-state index contributed by atoms with van der Waals surface area (Å²) in [4.78, 5) is 25.3. The Morgan fingerprint density at radius 2 is 1.83 bits per heavy atom. The molecule has 0 fully saturated rings. The molecule has 6 heteroatoms. The Morgan fingerprint density at radius 3 is 2.50 bits per heavy atom. The van der Waals surface area contributed by atoms with Crippen LogP contribution in [0.1, 0.15) is 15.9 Å². The SMILES string of the molecule is [B]Oc1c(C(=O)Nc2ccccc2)c(=O)n(C)c2cccc(C)c12. The van der Waals surface area contributed by atoms with E-state index in [2.05, 4.69) is 5.32 Å². The van der Waals surface area contributed by atoms with E-state index in [1.807, 2.05) is 25.1 Å². The van der Waals surface area contributed by atoms with Crippen LogP contribution in [0.4, 0.5) is 5.69 Å². The van der Waals surface area contributed by atoms with Crippen LogP contribution in [0.2, 0.25) is 0 Å². The van der Waals surface area contributed by atoms with E-state index in [1.54, 1.807) is 37.4 Å². The van der Waals surface area contributed by atoms with Crippen LogP contribution in [0.15, 0.2) is 53.3 Å². The van der Waals surface area contributed by atoms with Gasteiger partial charge >= 0.3 is 8.05 Å². The van der Waals surface area contributed by atoms with Crippen LogP contribution in [-0.2, 0) is 7.05 Å². The molecule has 0 bridgehead atoms. The van der Waals surface area contributed by atoms with Crippen LogP contribution in [0.5, 0.6) is 5.75 Å². The average Bonchev–Trinajstić information content (AvgIpc) is 2.58. The van der Waals surface area contributed by atoms with Gasteiger partial charge in [-0.05, 0) is 30.7 Å². The topological polar surface area (TPSA) is 60.3 Å². The third kappa shape index (κ3) is 2.56. The number of rotatable bonds is 3. The van der Waals surface area contributed by atoms with Crippen molar-refractivity contribution in [2.24, 2.45) is 7.05 Å². The van der Waals surface area contributed by atoms with Crippen molar-refractivity contribution in [2.75, 3.05) is 5.32 Å². The van der Waals surface area contributed by atoms with Crippen molar-refractivity contribution in [1.82, 2.24) is 4.57 Å². The van der Waals surface area contributed by atoms with Crippen molar-refractivity contribution >= 4 is 30.5 Å². The van der Waals surface area contributed by atoms with Crippen molar-refractivity contribution in [3.63, 3.8) is 0 Å². The zero-order valence-electron chi connectivity index (χ0n) is 13.4. The van der Waals surface area contributed by atoms with Gasteiger partial charge in [-0.15, -0.1) is 0 Å². The first kappa shape index (κ1) is 15.9. The lowest BCUT2D eigenvalue weighted by Gasteiger charge is -2.16. The minimum atomic E-state index is -0.563. The first-order valence-corrected chi connectivity index (χ1v) is 7.40. The van der Waals surface area contributed by atoms with Crippen molar-refractivity contribution < 1.29 is 9.45 Å². The molecule has 118 valence electrons. The summed E-state index contributed by atoms with van der Waals surface area (Å²) in [5, 5.41) is 3.34. The maximum Gasteiger partial charge on any atom is 0.374 e. The summed E-state index contributed by atoms with van der Waals surface area (Å²) in [6, 6.07) is 14.4. The smallest absolute Gasteiger partial charge is 0.374 e. The third-order valence-corrected chi connectivity index (χ3v) is 3.96. The van der Waals surface area contributed by atoms with Crippen molar-refractivity contribution in [3.05, 3.63) is 70.0 Å². The number of hydrogen-bond acceptors (Lipinski definition) is 3. The number of hydrogen-bond donors (Lipinski definition) is 1. The zero-order valence-corrected chi connectivity index (χ0v) is 13.4. The number of aryl methyl sites for hydroxylation is 2. The molecule has 2 radical (unpaired) electrons. The number of pyridine rings is 1. The molecular formula is C18H15BN2O3. The monoisotopic (exact) mass is 318 g/mol. The van der Waals surface area contributed by atoms with Gasteiger partial charge in [-0.1, -0.05) is 30.3 Å². The minimum Gasteiger partial charge on any atom is -0.567 e. The molecule has 0 aliphatic carbocycles. The molecule has 0 aliphatic heterocycles. The maximum atomic E-state index is 12.7. The normalized spacial score (nSPS) is 10.6. The molecule has 1 amide bonds. The lowest BCUT2D eigenvalue weighted by molar-refractivity contribution is 0.102. The standard InChI is InChI=1S/C18H15BN2O3/c1-11-7-6-10-13-14(11)16(24-19)15(18(23)21(13)2)17(22)20-12-8-4-3-5-9-12/h3-10H,1-2H3,(H,20,22). The highest BCUT2D eigenvalue weighted by molar-refractivity contribution is 6.12. The predicted molar refractivity (Wildman–Crippen MR) is 94.7 cm³/mol. The molecule has 2 aromatic carbocycles. The van der Waals surface area contributed by atoms with Gasteiger partial charge in [0.25, 0.3) is 11.5 Å². The first-order chi connectivity index (χ1) is 11.5. The molecule has 0 saturated heterocycles. The van der Waals surface area contributed by atoms with E-state index in [0.717, 1.165) is 5.56 Å². The number of benzene rings is 2. The van der Waals surface area contributed by atoms with Crippen LogP contribution in [0, 0.1) is 6.92 Å². The van der Waals surface area contributed by atoms with Gasteiger partial charge < -0.3 is 14.5 Å². The average molecular weight is 318 g/mol. The van der Waals surface area contributed by atoms with Gasteiger partial charge in [0.2, 0.25) is 0 Å². The summed E-state index contributed by atoms with van der Waals surface area (Å²) < 4.78 is 6.38. The van der Waals surface area contributed by atoms with Crippen molar-refractivity contribution in [1.29, 1.82) is 0 Å². The van der Waals surface area contributed by atoms with Gasteiger partial charge in [0.05, 0.1) is 5.52 Å². The third-order valence-electron chi connectivity index (χ3n) is 3.96. The summed E-state index contributed by atoms with van der Waals surface area (Å²) in [6.07, 6.45) is 0. The Labute approximate surface area is 140 Å². The Kier molecular flexibility index (Phi) is 4.12. The van der Waals surface area contributed by atoms with E-state index in [0.29, 0.717) is 16.6 Å². The van der Waals surface area contributed by atoms with E-state index in [1.165, 1.54) is 4.57 Å². The van der Waals surface area contributed by atoms with Gasteiger partial charge in [-0.25, -0.2) is 0 Å². The fourth-order valence-corrected chi connectivity index (χ4v) is 2.76. The zero-order chi connectivity index (χ0) is 17.3. The van der Waals surface area contributed by atoms with Crippen LogP contribution in [0.25, 0.3) is 10.9 Å². The Balaban J connectivity index is 2.24. The number of nitrogens with zero attached hydrogens (tertiary/aromatic N) is 1. The molecule has 0 aliphatic rings. The second-order valence-electron chi connectivity index (χ2n) is 5.48. The second kappa shape index (κ2) is 6.24. The summed E-state index contributed by atoms with van der Waals surface area (Å²) >= 11 is 0. The first-order valence-electron chi connectivity index (χ1n) is 7.40. The lowest BCUT2D eigenvalue weighted by Crippen LogP contribution is -2.29. The van der Waals surface area contributed by atoms with Gasteiger partial charge in [0.1, 0.15) is 11.3 Å². The number of carbonyl (C=O) groups excluding carboxylic acids is 1. The lowest BCUT2D eigenvalue weighted by atomic mass is 10.0. The molecule has 0 unspecified atom stereocenters. The van der Waals surface area contributed by atoms with Crippen LogP contribution >= 0.6 is 0 Å². The number of nitrogens with one attached hydrogen (secondary N) is 1. The van der Waals surface area contributed by atoms with Gasteiger partial charge in [0, 0.05) is 18.1 Å². The van der Waals surface area contributed by atoms with E-state index >= 15 is 0 Å². The molecule has 1 N–H and O–H groups in total. The number of para-hydroxylation sites is 1. The van der Waals surface area contributed by atoms with Gasteiger partial charge in [0.15, 0.2) is 0 Å². The van der Waals surface area contributed by atoms with E-state index < -0.39 is 11.5 Å². The number of fused-ring (bicyclic) bond motifs is 1. The van der Waals surface area contributed by atoms with E-state index in [4.69, 9.17) is 12.7 Å². The largest absolute Gasteiger partial charge is 0.567 e. The summed E-state index contributed by atoms with van der Waals surface area (Å²) in [5.74, 6) is -0.480. The highest BCUT2D eigenvalue weighted by atomic mass is 16.4.